The maximum Gasteiger partial charge on any atom is 0.433 e. The average Bonchev–Trinajstić information content (AvgIpc) is 2.88. The van der Waals surface area contributed by atoms with Crippen LogP contribution in [0.5, 0.6) is 0 Å². The summed E-state index contributed by atoms with van der Waals surface area (Å²) in [4.78, 5) is 3.55. The summed E-state index contributed by atoms with van der Waals surface area (Å²) in [6, 6.07) is 3.72. The number of nitrogens with two attached hydrogens (primary N) is 1. The zero-order chi connectivity index (χ0) is 17.0. The molecule has 0 saturated carbocycles. The Hall–Kier alpha value is -2.12. The first-order chi connectivity index (χ1) is 10.9. The van der Waals surface area contributed by atoms with Crippen LogP contribution >= 0.6 is 11.8 Å². The van der Waals surface area contributed by atoms with Gasteiger partial charge in [-0.2, -0.15) is 18.4 Å². The van der Waals surface area contributed by atoms with Crippen molar-refractivity contribution in [2.24, 2.45) is 5.73 Å². The minimum Gasteiger partial charge on any atom is -0.330 e. The lowest BCUT2D eigenvalue weighted by Gasteiger charge is -2.10. The minimum absolute atomic E-state index is 0.0500. The first-order valence-corrected chi connectivity index (χ1v) is 7.50. The topological polar surface area (TPSA) is 93.4 Å². The number of pyridine rings is 1. The predicted molar refractivity (Wildman–Crippen MR) is 76.5 cm³/mol. The maximum absolute atomic E-state index is 12.8. The molecule has 6 nitrogen and oxygen atoms in total. The van der Waals surface area contributed by atoms with E-state index in [1.54, 1.807) is 4.57 Å². The molecular formula is C13H13F3N6S. The van der Waals surface area contributed by atoms with Gasteiger partial charge in [-0.05, 0) is 37.4 Å². The average molecular weight is 342 g/mol. The third-order valence-electron chi connectivity index (χ3n) is 2.94. The zero-order valence-electron chi connectivity index (χ0n) is 12.1. The molecule has 0 aromatic carbocycles. The summed E-state index contributed by atoms with van der Waals surface area (Å²) in [7, 11) is 0. The fraction of sp³-hybridized carbons (Fsp3) is 0.385. The highest BCUT2D eigenvalue weighted by atomic mass is 32.2. The van der Waals surface area contributed by atoms with Gasteiger partial charge in [-0.3, -0.25) is 0 Å². The van der Waals surface area contributed by atoms with Gasteiger partial charge in [0.05, 0.1) is 5.56 Å². The van der Waals surface area contributed by atoms with Crippen molar-refractivity contribution in [3.63, 3.8) is 0 Å². The van der Waals surface area contributed by atoms with Crippen molar-refractivity contribution in [2.75, 3.05) is 6.54 Å². The van der Waals surface area contributed by atoms with Crippen LogP contribution < -0.4 is 5.73 Å². The van der Waals surface area contributed by atoms with Gasteiger partial charge in [-0.25, -0.2) is 4.98 Å². The molecule has 0 aliphatic heterocycles. The molecule has 0 aliphatic rings. The molecule has 2 rings (SSSR count). The highest BCUT2D eigenvalue weighted by molar-refractivity contribution is 7.99. The Morgan fingerprint density at radius 1 is 1.35 bits per heavy atom. The van der Waals surface area contributed by atoms with Crippen LogP contribution in [-0.2, 0) is 19.1 Å². The summed E-state index contributed by atoms with van der Waals surface area (Å²) >= 11 is 0.882. The molecule has 2 aromatic rings. The molecule has 10 heteroatoms. The Balaban J connectivity index is 2.41. The van der Waals surface area contributed by atoms with E-state index in [0.29, 0.717) is 30.5 Å². The Kier molecular flexibility index (Phi) is 5.23. The molecule has 2 heterocycles. The number of nitriles is 1. The molecule has 0 bridgehead atoms. The van der Waals surface area contributed by atoms with Crippen LogP contribution in [0.4, 0.5) is 13.2 Å². The smallest absolute Gasteiger partial charge is 0.330 e. The van der Waals surface area contributed by atoms with Crippen LogP contribution in [0.15, 0.2) is 22.3 Å². The highest BCUT2D eigenvalue weighted by Crippen LogP contribution is 2.33. The van der Waals surface area contributed by atoms with Gasteiger partial charge in [0, 0.05) is 13.0 Å². The van der Waals surface area contributed by atoms with Gasteiger partial charge >= 0.3 is 6.18 Å². The van der Waals surface area contributed by atoms with Crippen molar-refractivity contribution in [3.8, 4) is 6.07 Å². The van der Waals surface area contributed by atoms with Gasteiger partial charge in [0.25, 0.3) is 0 Å². The summed E-state index contributed by atoms with van der Waals surface area (Å²) in [6.07, 6.45) is -4.07. The lowest BCUT2D eigenvalue weighted by atomic mass is 10.2. The fourth-order valence-electron chi connectivity index (χ4n) is 1.87. The number of hydrogen-bond donors (Lipinski definition) is 1. The summed E-state index contributed by atoms with van der Waals surface area (Å²) in [6.45, 7) is 2.78. The van der Waals surface area contributed by atoms with E-state index in [1.165, 1.54) is 0 Å². The quantitative estimate of drug-likeness (QED) is 0.896. The number of alkyl halides is 3. The highest BCUT2D eigenvalue weighted by Gasteiger charge is 2.33. The van der Waals surface area contributed by atoms with E-state index >= 15 is 0 Å². The number of halogens is 3. The van der Waals surface area contributed by atoms with Gasteiger partial charge in [0.1, 0.15) is 22.6 Å². The molecule has 2 N–H and O–H groups in total. The number of nitrogens with zero attached hydrogens (tertiary/aromatic N) is 5. The molecule has 23 heavy (non-hydrogen) atoms. The molecule has 0 saturated heterocycles. The van der Waals surface area contributed by atoms with Gasteiger partial charge in [0.2, 0.25) is 0 Å². The van der Waals surface area contributed by atoms with Crippen molar-refractivity contribution in [1.82, 2.24) is 19.7 Å². The van der Waals surface area contributed by atoms with Gasteiger partial charge < -0.3 is 10.3 Å². The SMILES string of the molecule is CCn1c(CCN)nnc1Sc1nc(C(F)(F)F)ccc1C#N. The van der Waals surface area contributed by atoms with Gasteiger partial charge in [-0.15, -0.1) is 10.2 Å². The molecule has 0 aliphatic carbocycles. The predicted octanol–water partition coefficient (Wildman–Crippen LogP) is 2.24. The first kappa shape index (κ1) is 17.2. The Morgan fingerprint density at radius 3 is 2.65 bits per heavy atom. The second kappa shape index (κ2) is 6.97. The maximum atomic E-state index is 12.8. The molecule has 0 amide bonds. The molecule has 2 aromatic heterocycles. The number of hydrogen-bond acceptors (Lipinski definition) is 6. The summed E-state index contributed by atoms with van der Waals surface area (Å²) in [5.41, 5.74) is 4.49. The fourth-order valence-corrected chi connectivity index (χ4v) is 2.84. The third-order valence-corrected chi connectivity index (χ3v) is 3.93. The molecule has 0 spiro atoms. The summed E-state index contributed by atoms with van der Waals surface area (Å²) in [5.74, 6) is 0.642. The van der Waals surface area contributed by atoms with E-state index in [2.05, 4.69) is 15.2 Å². The van der Waals surface area contributed by atoms with Crippen molar-refractivity contribution in [3.05, 3.63) is 29.2 Å². The van der Waals surface area contributed by atoms with E-state index in [4.69, 9.17) is 11.0 Å². The second-order valence-electron chi connectivity index (χ2n) is 4.44. The Morgan fingerprint density at radius 2 is 2.09 bits per heavy atom. The molecule has 0 radical (unpaired) electrons. The minimum atomic E-state index is -4.58. The van der Waals surface area contributed by atoms with Crippen molar-refractivity contribution < 1.29 is 13.2 Å². The van der Waals surface area contributed by atoms with Crippen LogP contribution in [-0.4, -0.2) is 26.3 Å². The van der Waals surface area contributed by atoms with E-state index in [0.717, 1.165) is 23.9 Å². The van der Waals surface area contributed by atoms with Crippen LogP contribution in [0.3, 0.4) is 0 Å². The second-order valence-corrected chi connectivity index (χ2v) is 5.40. The number of aromatic nitrogens is 4. The lowest BCUT2D eigenvalue weighted by Crippen LogP contribution is -2.10. The van der Waals surface area contributed by atoms with E-state index in [1.807, 2.05) is 13.0 Å². The molecule has 0 fully saturated rings. The van der Waals surface area contributed by atoms with Gasteiger partial charge in [-0.1, -0.05) is 0 Å². The molecule has 0 unspecified atom stereocenters. The van der Waals surface area contributed by atoms with Crippen LogP contribution in [0.1, 0.15) is 24.0 Å². The van der Waals surface area contributed by atoms with Gasteiger partial charge in [0.15, 0.2) is 5.16 Å². The van der Waals surface area contributed by atoms with Crippen molar-refractivity contribution >= 4 is 11.8 Å². The molecule has 122 valence electrons. The summed E-state index contributed by atoms with van der Waals surface area (Å²) in [5, 5.41) is 17.3. The van der Waals surface area contributed by atoms with E-state index in [-0.39, 0.29) is 10.6 Å². The van der Waals surface area contributed by atoms with Crippen LogP contribution in [0, 0.1) is 11.3 Å². The van der Waals surface area contributed by atoms with E-state index in [9.17, 15) is 13.2 Å². The zero-order valence-corrected chi connectivity index (χ0v) is 12.9. The standard InChI is InChI=1S/C13H13F3N6S/c1-2-22-10(5-6-17)20-21-12(22)23-11-8(7-18)3-4-9(19-11)13(14,15)16/h3-4H,2,5-6,17H2,1H3. The van der Waals surface area contributed by atoms with Crippen LogP contribution in [0.2, 0.25) is 0 Å². The lowest BCUT2D eigenvalue weighted by molar-refractivity contribution is -0.141. The first-order valence-electron chi connectivity index (χ1n) is 6.69. The Bertz CT molecular complexity index is 734. The largest absolute Gasteiger partial charge is 0.433 e. The summed E-state index contributed by atoms with van der Waals surface area (Å²) < 4.78 is 40.1. The molecule has 0 atom stereocenters. The van der Waals surface area contributed by atoms with Crippen molar-refractivity contribution in [2.45, 2.75) is 36.2 Å². The number of rotatable bonds is 5. The monoisotopic (exact) mass is 342 g/mol. The Labute approximate surface area is 134 Å². The third kappa shape index (κ3) is 3.80. The van der Waals surface area contributed by atoms with E-state index < -0.39 is 11.9 Å². The van der Waals surface area contributed by atoms with Crippen LogP contribution in [0.25, 0.3) is 0 Å². The molecular weight excluding hydrogens is 329 g/mol. The van der Waals surface area contributed by atoms with Crippen molar-refractivity contribution in [1.29, 1.82) is 5.26 Å². The normalized spacial score (nSPS) is 11.5.